The molecule has 1 N–H and O–H groups in total. The van der Waals surface area contributed by atoms with Crippen LogP contribution in [0.3, 0.4) is 0 Å². The molecule has 0 aliphatic carbocycles. The maximum atomic E-state index is 4.52. The van der Waals surface area contributed by atoms with E-state index in [-0.39, 0.29) is 6.04 Å². The number of nitrogens with zero attached hydrogens (tertiary/aromatic N) is 3. The van der Waals surface area contributed by atoms with Gasteiger partial charge in [-0.2, -0.15) is 0 Å². The highest BCUT2D eigenvalue weighted by atomic mass is 15.1. The molecule has 0 radical (unpaired) electrons. The van der Waals surface area contributed by atoms with E-state index in [0.717, 1.165) is 23.5 Å². The number of hydrogen-bond acceptors (Lipinski definition) is 3. The molecule has 0 spiro atoms. The predicted octanol–water partition coefficient (Wildman–Crippen LogP) is 1.64. The standard InChI is InChI=1S/C11H16N4/c1-4-12-8(2)11-14-10-9(15(11)3)6-5-7-13-10/h5-8,12H,4H2,1-3H3. The third-order valence-electron chi connectivity index (χ3n) is 2.59. The van der Waals surface area contributed by atoms with Crippen molar-refractivity contribution in [2.45, 2.75) is 19.9 Å². The van der Waals surface area contributed by atoms with Gasteiger partial charge in [-0.15, -0.1) is 0 Å². The van der Waals surface area contributed by atoms with Gasteiger partial charge in [-0.25, -0.2) is 9.97 Å². The number of hydrogen-bond donors (Lipinski definition) is 1. The van der Waals surface area contributed by atoms with Crippen molar-refractivity contribution in [3.63, 3.8) is 0 Å². The zero-order valence-corrected chi connectivity index (χ0v) is 9.36. The van der Waals surface area contributed by atoms with Gasteiger partial charge in [0.15, 0.2) is 5.65 Å². The Labute approximate surface area is 89.3 Å². The van der Waals surface area contributed by atoms with Gasteiger partial charge in [0.05, 0.1) is 11.6 Å². The van der Waals surface area contributed by atoms with Crippen LogP contribution in [0.15, 0.2) is 18.3 Å². The fourth-order valence-electron chi connectivity index (χ4n) is 1.83. The summed E-state index contributed by atoms with van der Waals surface area (Å²) in [5.74, 6) is 1.03. The van der Waals surface area contributed by atoms with Crippen LogP contribution in [0.25, 0.3) is 11.2 Å². The minimum absolute atomic E-state index is 0.259. The molecule has 2 heterocycles. The molecule has 0 saturated carbocycles. The van der Waals surface area contributed by atoms with Crippen LogP contribution in [-0.4, -0.2) is 21.1 Å². The Hall–Kier alpha value is -1.42. The van der Waals surface area contributed by atoms with Crippen molar-refractivity contribution in [2.75, 3.05) is 6.54 Å². The molecule has 0 saturated heterocycles. The minimum atomic E-state index is 0.259. The molecule has 0 bridgehead atoms. The maximum Gasteiger partial charge on any atom is 0.177 e. The second-order valence-electron chi connectivity index (χ2n) is 3.65. The highest BCUT2D eigenvalue weighted by molar-refractivity contribution is 5.71. The first-order valence-corrected chi connectivity index (χ1v) is 5.24. The summed E-state index contributed by atoms with van der Waals surface area (Å²) in [6, 6.07) is 4.23. The van der Waals surface area contributed by atoms with Crippen LogP contribution in [0.2, 0.25) is 0 Å². The number of nitrogens with one attached hydrogen (secondary N) is 1. The fourth-order valence-corrected chi connectivity index (χ4v) is 1.83. The van der Waals surface area contributed by atoms with Gasteiger partial charge in [0.25, 0.3) is 0 Å². The number of pyridine rings is 1. The summed E-state index contributed by atoms with van der Waals surface area (Å²) in [5, 5.41) is 3.35. The van der Waals surface area contributed by atoms with Gasteiger partial charge in [0.1, 0.15) is 5.82 Å². The third-order valence-corrected chi connectivity index (χ3v) is 2.59. The van der Waals surface area contributed by atoms with Crippen molar-refractivity contribution in [1.29, 1.82) is 0 Å². The van der Waals surface area contributed by atoms with Crippen LogP contribution in [0.4, 0.5) is 0 Å². The Morgan fingerprint density at radius 2 is 2.33 bits per heavy atom. The molecule has 4 nitrogen and oxygen atoms in total. The largest absolute Gasteiger partial charge is 0.328 e. The van der Waals surface area contributed by atoms with Gasteiger partial charge in [-0.3, -0.25) is 0 Å². The summed E-state index contributed by atoms with van der Waals surface area (Å²) in [5.41, 5.74) is 1.90. The van der Waals surface area contributed by atoms with E-state index in [2.05, 4.69) is 33.7 Å². The molecule has 0 aliphatic rings. The lowest BCUT2D eigenvalue weighted by atomic mass is 10.3. The molecule has 4 heteroatoms. The SMILES string of the molecule is CCNC(C)c1nc2ncccc2n1C. The van der Waals surface area contributed by atoms with E-state index >= 15 is 0 Å². The van der Waals surface area contributed by atoms with E-state index in [0.29, 0.717) is 0 Å². The van der Waals surface area contributed by atoms with Crippen molar-refractivity contribution in [3.8, 4) is 0 Å². The average molecular weight is 204 g/mol. The molecule has 0 amide bonds. The second-order valence-corrected chi connectivity index (χ2v) is 3.65. The number of fused-ring (bicyclic) bond motifs is 1. The number of aromatic nitrogens is 3. The molecule has 0 aliphatic heterocycles. The van der Waals surface area contributed by atoms with Crippen LogP contribution in [0.5, 0.6) is 0 Å². The lowest BCUT2D eigenvalue weighted by Gasteiger charge is -2.11. The normalized spacial score (nSPS) is 13.3. The first-order valence-electron chi connectivity index (χ1n) is 5.24. The molecule has 1 unspecified atom stereocenters. The smallest absolute Gasteiger partial charge is 0.177 e. The Morgan fingerprint density at radius 1 is 1.53 bits per heavy atom. The van der Waals surface area contributed by atoms with Crippen molar-refractivity contribution in [1.82, 2.24) is 19.9 Å². The number of imidazole rings is 1. The molecule has 80 valence electrons. The van der Waals surface area contributed by atoms with E-state index in [9.17, 15) is 0 Å². The Bertz CT molecular complexity index is 461. The van der Waals surface area contributed by atoms with Crippen LogP contribution in [-0.2, 0) is 7.05 Å². The summed E-state index contributed by atoms with van der Waals surface area (Å²) in [6.07, 6.45) is 1.77. The molecule has 0 fully saturated rings. The van der Waals surface area contributed by atoms with Crippen molar-refractivity contribution in [3.05, 3.63) is 24.2 Å². The molecule has 15 heavy (non-hydrogen) atoms. The van der Waals surface area contributed by atoms with Crippen LogP contribution < -0.4 is 5.32 Å². The molecule has 2 rings (SSSR count). The van der Waals surface area contributed by atoms with E-state index in [1.165, 1.54) is 0 Å². The molecular weight excluding hydrogens is 188 g/mol. The molecule has 1 atom stereocenters. The molecular formula is C11H16N4. The van der Waals surface area contributed by atoms with E-state index in [1.54, 1.807) is 6.20 Å². The molecule has 2 aromatic heterocycles. The zero-order chi connectivity index (χ0) is 10.8. The Balaban J connectivity index is 2.48. The maximum absolute atomic E-state index is 4.52. The lowest BCUT2D eigenvalue weighted by molar-refractivity contribution is 0.551. The van der Waals surface area contributed by atoms with Gasteiger partial charge in [-0.1, -0.05) is 6.92 Å². The molecule has 2 aromatic rings. The van der Waals surface area contributed by atoms with Crippen LogP contribution >= 0.6 is 0 Å². The predicted molar refractivity (Wildman–Crippen MR) is 60.6 cm³/mol. The topological polar surface area (TPSA) is 42.7 Å². The van der Waals surface area contributed by atoms with Gasteiger partial charge in [0, 0.05) is 13.2 Å². The minimum Gasteiger partial charge on any atom is -0.328 e. The van der Waals surface area contributed by atoms with Crippen molar-refractivity contribution < 1.29 is 0 Å². The zero-order valence-electron chi connectivity index (χ0n) is 9.36. The summed E-state index contributed by atoms with van der Waals surface area (Å²) in [6.45, 7) is 5.15. The highest BCUT2D eigenvalue weighted by Gasteiger charge is 2.13. The summed E-state index contributed by atoms with van der Waals surface area (Å²) < 4.78 is 2.09. The van der Waals surface area contributed by atoms with Gasteiger partial charge >= 0.3 is 0 Å². The van der Waals surface area contributed by atoms with Crippen molar-refractivity contribution in [2.24, 2.45) is 7.05 Å². The Morgan fingerprint density at radius 3 is 3.00 bits per heavy atom. The quantitative estimate of drug-likeness (QED) is 0.826. The monoisotopic (exact) mass is 204 g/mol. The Kier molecular flexibility index (Phi) is 2.68. The van der Waals surface area contributed by atoms with Crippen LogP contribution in [0.1, 0.15) is 25.7 Å². The van der Waals surface area contributed by atoms with Gasteiger partial charge in [0.2, 0.25) is 0 Å². The van der Waals surface area contributed by atoms with Crippen LogP contribution in [0, 0.1) is 0 Å². The summed E-state index contributed by atoms with van der Waals surface area (Å²) >= 11 is 0. The van der Waals surface area contributed by atoms with Crippen molar-refractivity contribution >= 4 is 11.2 Å². The first kappa shape index (κ1) is 10.1. The van der Waals surface area contributed by atoms with Gasteiger partial charge in [-0.05, 0) is 25.6 Å². The van der Waals surface area contributed by atoms with E-state index < -0.39 is 0 Å². The highest BCUT2D eigenvalue weighted by Crippen LogP contribution is 2.16. The van der Waals surface area contributed by atoms with E-state index in [4.69, 9.17) is 0 Å². The number of rotatable bonds is 3. The summed E-state index contributed by atoms with van der Waals surface area (Å²) in [4.78, 5) is 8.77. The third kappa shape index (κ3) is 1.72. The number of aryl methyl sites for hydroxylation is 1. The summed E-state index contributed by atoms with van der Waals surface area (Å²) in [7, 11) is 2.03. The molecule has 0 aromatic carbocycles. The van der Waals surface area contributed by atoms with E-state index in [1.807, 2.05) is 19.2 Å². The van der Waals surface area contributed by atoms with Gasteiger partial charge < -0.3 is 9.88 Å². The second kappa shape index (κ2) is 3.98. The lowest BCUT2D eigenvalue weighted by Crippen LogP contribution is -2.20. The average Bonchev–Trinajstić information content (AvgIpc) is 2.57. The first-order chi connectivity index (χ1) is 7.24. The fraction of sp³-hybridized carbons (Fsp3) is 0.455.